The summed E-state index contributed by atoms with van der Waals surface area (Å²) in [5.41, 5.74) is 0. The summed E-state index contributed by atoms with van der Waals surface area (Å²) in [5.74, 6) is 0. The molecule has 0 spiro atoms. The molecule has 0 aliphatic heterocycles. The van der Waals surface area contributed by atoms with Gasteiger partial charge in [-0.25, -0.2) is 8.42 Å². The first-order valence-corrected chi connectivity index (χ1v) is 6.99. The first-order chi connectivity index (χ1) is 5.43. The average molecular weight is 381 g/mol. The Balaban J connectivity index is 3.47. The summed E-state index contributed by atoms with van der Waals surface area (Å²) >= 11 is 5.16. The van der Waals surface area contributed by atoms with Gasteiger partial charge in [-0.2, -0.15) is 0 Å². The van der Waals surface area contributed by atoms with E-state index in [2.05, 4.69) is 15.9 Å². The molecular weight excluding hydrogens is 378 g/mol. The Bertz CT molecular complexity index is 404. The van der Waals surface area contributed by atoms with Crippen LogP contribution in [0.4, 0.5) is 0 Å². The van der Waals surface area contributed by atoms with Crippen molar-refractivity contribution in [3.8, 4) is 0 Å². The summed E-state index contributed by atoms with van der Waals surface area (Å²) in [5, 5.41) is 0. The van der Waals surface area contributed by atoms with Gasteiger partial charge in [0.15, 0.2) is 0 Å². The highest BCUT2D eigenvalue weighted by Crippen LogP contribution is 2.28. The predicted octanol–water partition coefficient (Wildman–Crippen LogP) is 2.98. The minimum atomic E-state index is -3.64. The fourth-order valence-electron chi connectivity index (χ4n) is 0.672. The Kier molecular flexibility index (Phi) is 3.41. The van der Waals surface area contributed by atoms with Crippen molar-refractivity contribution in [3.63, 3.8) is 0 Å². The van der Waals surface area contributed by atoms with E-state index in [1.165, 1.54) is 6.07 Å². The van der Waals surface area contributed by atoms with Gasteiger partial charge in [-0.1, -0.05) is 6.07 Å². The first kappa shape index (κ1) is 10.7. The smallest absolute Gasteiger partial charge is 0.207 e. The summed E-state index contributed by atoms with van der Waals surface area (Å²) < 4.78 is 23.2. The number of hydrogen-bond donors (Lipinski definition) is 0. The molecule has 1 aromatic carbocycles. The second-order valence-corrected chi connectivity index (χ2v) is 6.48. The van der Waals surface area contributed by atoms with Crippen molar-refractivity contribution in [2.45, 2.75) is 4.90 Å². The van der Waals surface area contributed by atoms with E-state index < -0.39 is 9.05 Å². The number of hydrogen-bond acceptors (Lipinski definition) is 2. The standard InChI is InChI=1S/C6H3BrClIO2S/c7-6-4(9)2-1-3-5(6)12(8,10)11/h1-3H. The predicted molar refractivity (Wildman–Crippen MR) is 59.9 cm³/mol. The molecule has 0 aliphatic carbocycles. The van der Waals surface area contributed by atoms with Gasteiger partial charge in [0, 0.05) is 14.3 Å². The quantitative estimate of drug-likeness (QED) is 0.554. The minimum absolute atomic E-state index is 0.107. The van der Waals surface area contributed by atoms with Gasteiger partial charge in [-0.15, -0.1) is 0 Å². The zero-order valence-electron chi connectivity index (χ0n) is 5.59. The first-order valence-electron chi connectivity index (χ1n) is 2.81. The summed E-state index contributed by atoms with van der Waals surface area (Å²) in [6.45, 7) is 0. The molecule has 66 valence electrons. The van der Waals surface area contributed by atoms with Gasteiger partial charge in [-0.3, -0.25) is 0 Å². The number of rotatable bonds is 1. The van der Waals surface area contributed by atoms with Gasteiger partial charge < -0.3 is 0 Å². The van der Waals surface area contributed by atoms with Crippen LogP contribution in [-0.4, -0.2) is 8.42 Å². The van der Waals surface area contributed by atoms with Crippen LogP contribution in [0.1, 0.15) is 0 Å². The lowest BCUT2D eigenvalue weighted by Crippen LogP contribution is -1.92. The summed E-state index contributed by atoms with van der Waals surface area (Å²) in [6, 6.07) is 4.88. The Morgan fingerprint density at radius 2 is 2.00 bits per heavy atom. The van der Waals surface area contributed by atoms with Crippen molar-refractivity contribution in [3.05, 3.63) is 26.2 Å². The van der Waals surface area contributed by atoms with E-state index in [-0.39, 0.29) is 4.90 Å². The molecule has 0 aromatic heterocycles. The largest absolute Gasteiger partial charge is 0.262 e. The molecule has 0 amide bonds. The molecule has 1 rings (SSSR count). The lowest BCUT2D eigenvalue weighted by Gasteiger charge is -2.00. The highest BCUT2D eigenvalue weighted by atomic mass is 127. The molecule has 0 atom stereocenters. The summed E-state index contributed by atoms with van der Waals surface area (Å²) in [4.78, 5) is 0.107. The van der Waals surface area contributed by atoms with Crippen molar-refractivity contribution >= 4 is 58.3 Å². The zero-order valence-corrected chi connectivity index (χ0v) is 10.9. The van der Waals surface area contributed by atoms with Crippen LogP contribution in [0.3, 0.4) is 0 Å². The van der Waals surface area contributed by atoms with Gasteiger partial charge in [0.05, 0.1) is 9.37 Å². The molecule has 0 N–H and O–H groups in total. The molecule has 6 heteroatoms. The normalized spacial score (nSPS) is 11.6. The molecule has 0 saturated carbocycles. The highest BCUT2D eigenvalue weighted by Gasteiger charge is 2.15. The summed E-state index contributed by atoms with van der Waals surface area (Å²) in [6.07, 6.45) is 0. The third-order valence-corrected chi connectivity index (χ3v) is 5.30. The van der Waals surface area contributed by atoms with Crippen LogP contribution >= 0.6 is 49.2 Å². The van der Waals surface area contributed by atoms with Crippen LogP contribution in [-0.2, 0) is 9.05 Å². The van der Waals surface area contributed by atoms with E-state index in [1.807, 2.05) is 22.6 Å². The van der Waals surface area contributed by atoms with Crippen LogP contribution in [0.5, 0.6) is 0 Å². The van der Waals surface area contributed by atoms with Crippen molar-refractivity contribution in [2.75, 3.05) is 0 Å². The third-order valence-electron chi connectivity index (χ3n) is 1.18. The van der Waals surface area contributed by atoms with Crippen molar-refractivity contribution < 1.29 is 8.42 Å². The van der Waals surface area contributed by atoms with Crippen molar-refractivity contribution in [1.29, 1.82) is 0 Å². The maximum absolute atomic E-state index is 10.9. The lowest BCUT2D eigenvalue weighted by molar-refractivity contribution is 0.609. The third kappa shape index (κ3) is 2.34. The summed E-state index contributed by atoms with van der Waals surface area (Å²) in [7, 11) is 1.54. The Morgan fingerprint density at radius 1 is 1.42 bits per heavy atom. The fourth-order valence-corrected chi connectivity index (χ4v) is 3.49. The van der Waals surface area contributed by atoms with E-state index in [4.69, 9.17) is 10.7 Å². The van der Waals surface area contributed by atoms with E-state index in [0.29, 0.717) is 4.47 Å². The molecule has 0 radical (unpaired) electrons. The second-order valence-electron chi connectivity index (χ2n) is 1.99. The van der Waals surface area contributed by atoms with Crippen LogP contribution in [0.25, 0.3) is 0 Å². The zero-order chi connectivity index (χ0) is 9.35. The van der Waals surface area contributed by atoms with E-state index in [0.717, 1.165) is 3.57 Å². The van der Waals surface area contributed by atoms with E-state index >= 15 is 0 Å². The number of halogens is 3. The van der Waals surface area contributed by atoms with Crippen LogP contribution in [0.2, 0.25) is 0 Å². The molecule has 0 heterocycles. The Hall–Kier alpha value is 0.670. The second kappa shape index (κ2) is 3.81. The van der Waals surface area contributed by atoms with Crippen LogP contribution < -0.4 is 0 Å². The molecule has 0 aliphatic rings. The van der Waals surface area contributed by atoms with Crippen molar-refractivity contribution in [2.24, 2.45) is 0 Å². The highest BCUT2D eigenvalue weighted by molar-refractivity contribution is 14.1. The molecule has 0 bridgehead atoms. The Labute approximate surface area is 97.0 Å². The maximum atomic E-state index is 10.9. The topological polar surface area (TPSA) is 34.1 Å². The SMILES string of the molecule is O=S(=O)(Cl)c1cccc(I)c1Br. The molecular formula is C6H3BrClIO2S. The van der Waals surface area contributed by atoms with Crippen LogP contribution in [0.15, 0.2) is 27.6 Å². The average Bonchev–Trinajstić information content (AvgIpc) is 1.92. The minimum Gasteiger partial charge on any atom is -0.207 e. The maximum Gasteiger partial charge on any atom is 0.262 e. The fraction of sp³-hybridized carbons (Fsp3) is 0. The van der Waals surface area contributed by atoms with Gasteiger partial charge in [0.25, 0.3) is 9.05 Å². The molecule has 0 unspecified atom stereocenters. The van der Waals surface area contributed by atoms with Crippen LogP contribution in [0, 0.1) is 3.57 Å². The molecule has 12 heavy (non-hydrogen) atoms. The van der Waals surface area contributed by atoms with E-state index in [1.54, 1.807) is 12.1 Å². The van der Waals surface area contributed by atoms with Crippen molar-refractivity contribution in [1.82, 2.24) is 0 Å². The Morgan fingerprint density at radius 3 is 2.42 bits per heavy atom. The van der Waals surface area contributed by atoms with Gasteiger partial charge in [0.2, 0.25) is 0 Å². The lowest BCUT2D eigenvalue weighted by atomic mass is 10.4. The number of benzene rings is 1. The molecule has 0 saturated heterocycles. The van der Waals surface area contributed by atoms with E-state index in [9.17, 15) is 8.42 Å². The van der Waals surface area contributed by atoms with Gasteiger partial charge in [0.1, 0.15) is 0 Å². The molecule has 0 fully saturated rings. The monoisotopic (exact) mass is 380 g/mol. The van der Waals surface area contributed by atoms with Gasteiger partial charge >= 0.3 is 0 Å². The van der Waals surface area contributed by atoms with Gasteiger partial charge in [-0.05, 0) is 50.7 Å². The molecule has 2 nitrogen and oxygen atoms in total. The molecule has 1 aromatic rings.